The van der Waals surface area contributed by atoms with Gasteiger partial charge in [0.05, 0.1) is 26.2 Å². The molecule has 28 heavy (non-hydrogen) atoms. The Bertz CT molecular complexity index is 790. The van der Waals surface area contributed by atoms with E-state index < -0.39 is 5.97 Å². The van der Waals surface area contributed by atoms with E-state index in [-0.39, 0.29) is 12.5 Å². The van der Waals surface area contributed by atoms with Crippen LogP contribution in [0.1, 0.15) is 29.2 Å². The van der Waals surface area contributed by atoms with Crippen molar-refractivity contribution in [2.45, 2.75) is 26.1 Å². The lowest BCUT2D eigenvalue weighted by Crippen LogP contribution is -2.39. The highest BCUT2D eigenvalue weighted by atomic mass is 16.5. The van der Waals surface area contributed by atoms with Crippen molar-refractivity contribution in [2.75, 3.05) is 33.4 Å². The van der Waals surface area contributed by atoms with E-state index in [2.05, 4.69) is 11.8 Å². The number of nitrogens with zero attached hydrogens (tertiary/aromatic N) is 1. The Morgan fingerprint density at radius 3 is 2.64 bits per heavy atom. The molecule has 1 saturated heterocycles. The standard InChI is InChI=1S/C22H27NO5/c1-16-13-19(28-15-17-3-5-18(26-2)6-4-17)7-8-20(16)21-14-23(11-12-27-21)10-9-22(24)25/h3-8,13,21H,9-12,14-15H2,1-2H3,(H,24,25). The maximum absolute atomic E-state index is 10.8. The van der Waals surface area contributed by atoms with Crippen LogP contribution < -0.4 is 9.47 Å². The van der Waals surface area contributed by atoms with Gasteiger partial charge in [-0.15, -0.1) is 0 Å². The van der Waals surface area contributed by atoms with Crippen LogP contribution >= 0.6 is 0 Å². The number of hydrogen-bond donors (Lipinski definition) is 1. The average Bonchev–Trinajstić information content (AvgIpc) is 2.71. The number of hydrogen-bond acceptors (Lipinski definition) is 5. The third-order valence-electron chi connectivity index (χ3n) is 4.95. The van der Waals surface area contributed by atoms with Crippen molar-refractivity contribution in [1.29, 1.82) is 0 Å². The van der Waals surface area contributed by atoms with Gasteiger partial charge in [0.2, 0.25) is 0 Å². The van der Waals surface area contributed by atoms with Gasteiger partial charge in [0.1, 0.15) is 18.1 Å². The van der Waals surface area contributed by atoms with Crippen LogP contribution in [0.3, 0.4) is 0 Å². The van der Waals surface area contributed by atoms with Gasteiger partial charge in [-0.1, -0.05) is 18.2 Å². The van der Waals surface area contributed by atoms with E-state index in [0.29, 0.717) is 26.3 Å². The minimum Gasteiger partial charge on any atom is -0.497 e. The van der Waals surface area contributed by atoms with Gasteiger partial charge < -0.3 is 19.3 Å². The summed E-state index contributed by atoms with van der Waals surface area (Å²) in [6.45, 7) is 5.18. The minimum atomic E-state index is -0.766. The lowest BCUT2D eigenvalue weighted by atomic mass is 10.0. The van der Waals surface area contributed by atoms with Gasteiger partial charge in [-0.3, -0.25) is 9.69 Å². The molecule has 150 valence electrons. The van der Waals surface area contributed by atoms with Gasteiger partial charge in [0.25, 0.3) is 0 Å². The van der Waals surface area contributed by atoms with Crippen LogP contribution in [0.25, 0.3) is 0 Å². The van der Waals surface area contributed by atoms with E-state index in [4.69, 9.17) is 19.3 Å². The Balaban J connectivity index is 1.59. The molecule has 1 aliphatic rings. The van der Waals surface area contributed by atoms with Gasteiger partial charge in [0.15, 0.2) is 0 Å². The Morgan fingerprint density at radius 1 is 1.21 bits per heavy atom. The van der Waals surface area contributed by atoms with Crippen molar-refractivity contribution in [3.63, 3.8) is 0 Å². The molecular formula is C22H27NO5. The minimum absolute atomic E-state index is 0.0433. The SMILES string of the molecule is COc1ccc(COc2ccc(C3CN(CCC(=O)O)CCO3)c(C)c2)cc1. The maximum Gasteiger partial charge on any atom is 0.304 e. The summed E-state index contributed by atoms with van der Waals surface area (Å²) in [5, 5.41) is 8.88. The van der Waals surface area contributed by atoms with Gasteiger partial charge >= 0.3 is 5.97 Å². The first kappa shape index (κ1) is 20.2. The summed E-state index contributed by atoms with van der Waals surface area (Å²) >= 11 is 0. The van der Waals surface area contributed by atoms with Crippen molar-refractivity contribution < 1.29 is 24.1 Å². The summed E-state index contributed by atoms with van der Waals surface area (Å²) in [4.78, 5) is 13.0. The zero-order chi connectivity index (χ0) is 19.9. The van der Waals surface area contributed by atoms with Crippen LogP contribution in [-0.4, -0.2) is 49.3 Å². The first-order chi connectivity index (χ1) is 13.5. The van der Waals surface area contributed by atoms with Crippen molar-refractivity contribution in [1.82, 2.24) is 4.90 Å². The molecule has 6 nitrogen and oxygen atoms in total. The normalized spacial score (nSPS) is 17.3. The Hall–Kier alpha value is -2.57. The van der Waals surface area contributed by atoms with E-state index >= 15 is 0 Å². The third kappa shape index (κ3) is 5.47. The quantitative estimate of drug-likeness (QED) is 0.751. The molecule has 1 unspecified atom stereocenters. The summed E-state index contributed by atoms with van der Waals surface area (Å²) in [6, 6.07) is 13.9. The molecule has 0 spiro atoms. The Labute approximate surface area is 165 Å². The van der Waals surface area contributed by atoms with E-state index in [1.165, 1.54) is 0 Å². The third-order valence-corrected chi connectivity index (χ3v) is 4.95. The highest BCUT2D eigenvalue weighted by molar-refractivity contribution is 5.66. The maximum atomic E-state index is 10.8. The topological polar surface area (TPSA) is 68.2 Å². The predicted octanol–water partition coefficient (Wildman–Crippen LogP) is 3.43. The van der Waals surface area contributed by atoms with Crippen molar-refractivity contribution in [3.05, 3.63) is 59.2 Å². The molecule has 1 atom stereocenters. The fraction of sp³-hybridized carbons (Fsp3) is 0.409. The average molecular weight is 385 g/mol. The van der Waals surface area contributed by atoms with Crippen LogP contribution in [0.5, 0.6) is 11.5 Å². The smallest absolute Gasteiger partial charge is 0.304 e. The summed E-state index contributed by atoms with van der Waals surface area (Å²) in [5.41, 5.74) is 3.31. The molecule has 0 saturated carbocycles. The molecule has 1 heterocycles. The number of morpholine rings is 1. The van der Waals surface area contributed by atoms with E-state index in [1.807, 2.05) is 42.5 Å². The second kappa shape index (κ2) is 9.57. The molecule has 0 amide bonds. The molecule has 0 radical (unpaired) electrons. The molecule has 1 fully saturated rings. The lowest BCUT2D eigenvalue weighted by Gasteiger charge is -2.33. The van der Waals surface area contributed by atoms with Crippen LogP contribution in [0, 0.1) is 6.92 Å². The fourth-order valence-electron chi connectivity index (χ4n) is 3.34. The zero-order valence-corrected chi connectivity index (χ0v) is 16.4. The van der Waals surface area contributed by atoms with Gasteiger partial charge in [-0.2, -0.15) is 0 Å². The molecule has 0 aliphatic carbocycles. The predicted molar refractivity (Wildman–Crippen MR) is 106 cm³/mol. The summed E-state index contributed by atoms with van der Waals surface area (Å²) < 4.78 is 17.0. The van der Waals surface area contributed by atoms with Crippen LogP contribution in [0.2, 0.25) is 0 Å². The van der Waals surface area contributed by atoms with E-state index in [1.54, 1.807) is 7.11 Å². The Morgan fingerprint density at radius 2 is 1.96 bits per heavy atom. The van der Waals surface area contributed by atoms with Crippen molar-refractivity contribution in [3.8, 4) is 11.5 Å². The largest absolute Gasteiger partial charge is 0.497 e. The number of methoxy groups -OCH3 is 1. The van der Waals surface area contributed by atoms with Crippen molar-refractivity contribution >= 4 is 5.97 Å². The number of carboxylic acids is 1. The van der Waals surface area contributed by atoms with Crippen LogP contribution in [-0.2, 0) is 16.1 Å². The number of ether oxygens (including phenoxy) is 3. The molecule has 1 aliphatic heterocycles. The Kier molecular flexibility index (Phi) is 6.90. The highest BCUT2D eigenvalue weighted by Crippen LogP contribution is 2.28. The number of aliphatic carboxylic acids is 1. The lowest BCUT2D eigenvalue weighted by molar-refractivity contribution is -0.137. The van der Waals surface area contributed by atoms with Gasteiger partial charge in [-0.25, -0.2) is 0 Å². The molecular weight excluding hydrogens is 358 g/mol. The second-order valence-electron chi connectivity index (χ2n) is 6.96. The zero-order valence-electron chi connectivity index (χ0n) is 16.4. The van der Waals surface area contributed by atoms with E-state index in [9.17, 15) is 4.79 Å². The van der Waals surface area contributed by atoms with Gasteiger partial charge in [-0.05, 0) is 47.9 Å². The van der Waals surface area contributed by atoms with E-state index in [0.717, 1.165) is 34.7 Å². The number of benzene rings is 2. The number of carbonyl (C=O) groups is 1. The molecule has 3 rings (SSSR count). The molecule has 2 aromatic rings. The molecule has 0 bridgehead atoms. The first-order valence-corrected chi connectivity index (χ1v) is 9.47. The van der Waals surface area contributed by atoms with Crippen LogP contribution in [0.4, 0.5) is 0 Å². The number of carboxylic acid groups (broad SMARTS) is 1. The fourth-order valence-corrected chi connectivity index (χ4v) is 3.34. The molecule has 0 aromatic heterocycles. The number of aryl methyl sites for hydroxylation is 1. The molecule has 6 heteroatoms. The van der Waals surface area contributed by atoms with Crippen molar-refractivity contribution in [2.24, 2.45) is 0 Å². The summed E-state index contributed by atoms with van der Waals surface area (Å²) in [6.07, 6.45) is 0.113. The first-order valence-electron chi connectivity index (χ1n) is 9.47. The number of rotatable bonds is 8. The van der Waals surface area contributed by atoms with Crippen LogP contribution in [0.15, 0.2) is 42.5 Å². The monoisotopic (exact) mass is 385 g/mol. The molecule has 2 aromatic carbocycles. The summed E-state index contributed by atoms with van der Waals surface area (Å²) in [7, 11) is 1.65. The summed E-state index contributed by atoms with van der Waals surface area (Å²) in [5.74, 6) is 0.877. The highest BCUT2D eigenvalue weighted by Gasteiger charge is 2.23. The second-order valence-corrected chi connectivity index (χ2v) is 6.96. The van der Waals surface area contributed by atoms with Gasteiger partial charge in [0, 0.05) is 19.6 Å². The molecule has 1 N–H and O–H groups in total.